The van der Waals surface area contributed by atoms with Gasteiger partial charge in [0.2, 0.25) is 0 Å². The molecular formula is C14H22N2O5S. The molecule has 0 aromatic heterocycles. The van der Waals surface area contributed by atoms with Crippen molar-refractivity contribution in [1.29, 1.82) is 0 Å². The highest BCUT2D eigenvalue weighted by molar-refractivity contribution is 7.98. The average molecular weight is 330 g/mol. The summed E-state index contributed by atoms with van der Waals surface area (Å²) in [6, 6.07) is 4.74. The van der Waals surface area contributed by atoms with Gasteiger partial charge >= 0.3 is 11.9 Å². The number of nitrogens with two attached hydrogens (primary N) is 2. The Morgan fingerprint density at radius 1 is 1.09 bits per heavy atom. The Hall–Kier alpha value is -1.77. The van der Waals surface area contributed by atoms with E-state index in [1.807, 2.05) is 6.26 Å². The number of benzene rings is 1. The van der Waals surface area contributed by atoms with E-state index in [1.54, 1.807) is 23.9 Å². The van der Waals surface area contributed by atoms with Crippen LogP contribution in [0.15, 0.2) is 24.3 Å². The molecule has 124 valence electrons. The van der Waals surface area contributed by atoms with Gasteiger partial charge < -0.3 is 26.8 Å². The van der Waals surface area contributed by atoms with Crippen LogP contribution in [0, 0.1) is 0 Å². The lowest BCUT2D eigenvalue weighted by molar-refractivity contribution is -0.139. The van der Waals surface area contributed by atoms with Crippen molar-refractivity contribution in [3.8, 4) is 5.75 Å². The minimum absolute atomic E-state index is 0.160. The second kappa shape index (κ2) is 10.9. The highest BCUT2D eigenvalue weighted by Gasteiger charge is 2.11. The molecule has 2 atom stereocenters. The van der Waals surface area contributed by atoms with Gasteiger partial charge in [0.1, 0.15) is 17.8 Å². The molecule has 0 aliphatic heterocycles. The second-order valence-electron chi connectivity index (χ2n) is 4.54. The molecule has 1 unspecified atom stereocenters. The lowest BCUT2D eigenvalue weighted by Crippen LogP contribution is -2.32. The summed E-state index contributed by atoms with van der Waals surface area (Å²) in [4.78, 5) is 20.5. The lowest BCUT2D eigenvalue weighted by atomic mass is 10.1. The first-order valence-electron chi connectivity index (χ1n) is 6.51. The van der Waals surface area contributed by atoms with Crippen molar-refractivity contribution in [1.82, 2.24) is 0 Å². The fourth-order valence-electron chi connectivity index (χ4n) is 1.34. The summed E-state index contributed by atoms with van der Waals surface area (Å²) in [7, 11) is 0. The summed E-state index contributed by atoms with van der Waals surface area (Å²) >= 11 is 1.60. The number of phenols is 1. The number of thioether (sulfide) groups is 1. The van der Waals surface area contributed by atoms with Crippen molar-refractivity contribution >= 4 is 23.7 Å². The first-order chi connectivity index (χ1) is 10.3. The van der Waals surface area contributed by atoms with Gasteiger partial charge in [0.05, 0.1) is 0 Å². The molecule has 0 aliphatic carbocycles. The molecule has 8 heteroatoms. The monoisotopic (exact) mass is 330 g/mol. The van der Waals surface area contributed by atoms with Crippen LogP contribution in [-0.4, -0.2) is 51.4 Å². The van der Waals surface area contributed by atoms with E-state index in [2.05, 4.69) is 0 Å². The zero-order chi connectivity index (χ0) is 17.1. The number of rotatable bonds is 7. The molecule has 0 spiro atoms. The third-order valence-corrected chi connectivity index (χ3v) is 3.30. The van der Waals surface area contributed by atoms with Crippen LogP contribution in [0.25, 0.3) is 0 Å². The molecular weight excluding hydrogens is 308 g/mol. The van der Waals surface area contributed by atoms with Crippen molar-refractivity contribution in [3.63, 3.8) is 0 Å². The van der Waals surface area contributed by atoms with Gasteiger partial charge in [0.25, 0.3) is 0 Å². The molecule has 0 fully saturated rings. The van der Waals surface area contributed by atoms with Gasteiger partial charge in [0, 0.05) is 0 Å². The number of phenolic OH excluding ortho intramolecular Hbond substituents is 1. The van der Waals surface area contributed by atoms with Gasteiger partial charge in [-0.1, -0.05) is 12.1 Å². The van der Waals surface area contributed by atoms with E-state index in [0.717, 1.165) is 11.3 Å². The fourth-order valence-corrected chi connectivity index (χ4v) is 1.83. The van der Waals surface area contributed by atoms with Crippen LogP contribution >= 0.6 is 11.8 Å². The standard InChI is InChI=1S/C9H11NO3.C5H11NO2S/c10-8(9(12)13)5-6-1-3-7(11)4-2-6;1-9-3-2-4(6)5(7)8/h1-4,8,11H,5,10H2,(H,12,13);4H,2-3,6H2,1H3,(H,7,8)/t8-;/m0./s1. The molecule has 22 heavy (non-hydrogen) atoms. The molecule has 0 bridgehead atoms. The molecule has 1 aromatic rings. The normalized spacial score (nSPS) is 12.7. The predicted molar refractivity (Wildman–Crippen MR) is 86.0 cm³/mol. The maximum atomic E-state index is 10.4. The summed E-state index contributed by atoms with van der Waals surface area (Å²) < 4.78 is 0. The molecule has 0 heterocycles. The number of hydrogen-bond donors (Lipinski definition) is 5. The summed E-state index contributed by atoms with van der Waals surface area (Å²) in [6.45, 7) is 0. The van der Waals surface area contributed by atoms with E-state index in [0.29, 0.717) is 6.42 Å². The Morgan fingerprint density at radius 3 is 2.00 bits per heavy atom. The first kappa shape index (κ1) is 20.2. The Labute approximate surface area is 133 Å². The quantitative estimate of drug-likeness (QED) is 0.485. The molecule has 1 aromatic carbocycles. The minimum Gasteiger partial charge on any atom is -0.508 e. The fraction of sp³-hybridized carbons (Fsp3) is 0.429. The van der Waals surface area contributed by atoms with Crippen molar-refractivity contribution in [2.75, 3.05) is 12.0 Å². The van der Waals surface area contributed by atoms with Crippen molar-refractivity contribution in [2.24, 2.45) is 11.5 Å². The Balaban J connectivity index is 0.000000433. The van der Waals surface area contributed by atoms with Crippen LogP contribution < -0.4 is 11.5 Å². The zero-order valence-electron chi connectivity index (χ0n) is 12.3. The molecule has 0 amide bonds. The van der Waals surface area contributed by atoms with E-state index in [9.17, 15) is 9.59 Å². The van der Waals surface area contributed by atoms with E-state index >= 15 is 0 Å². The smallest absolute Gasteiger partial charge is 0.320 e. The molecule has 7 N–H and O–H groups in total. The third kappa shape index (κ3) is 9.22. The van der Waals surface area contributed by atoms with Gasteiger partial charge in [-0.05, 0) is 42.5 Å². The topological polar surface area (TPSA) is 147 Å². The van der Waals surface area contributed by atoms with Crippen LogP contribution in [0.5, 0.6) is 5.75 Å². The van der Waals surface area contributed by atoms with Gasteiger partial charge in [-0.15, -0.1) is 0 Å². The zero-order valence-corrected chi connectivity index (χ0v) is 13.1. The molecule has 0 aliphatic rings. The average Bonchev–Trinajstić information content (AvgIpc) is 2.47. The van der Waals surface area contributed by atoms with Crippen LogP contribution in [0.3, 0.4) is 0 Å². The molecule has 0 saturated heterocycles. The van der Waals surface area contributed by atoms with E-state index < -0.39 is 24.0 Å². The highest BCUT2D eigenvalue weighted by atomic mass is 32.2. The van der Waals surface area contributed by atoms with Gasteiger partial charge in [-0.2, -0.15) is 11.8 Å². The lowest BCUT2D eigenvalue weighted by Gasteiger charge is -2.05. The predicted octanol–water partition coefficient (Wildman–Crippen LogP) is 0.498. The van der Waals surface area contributed by atoms with Crippen LogP contribution in [0.1, 0.15) is 12.0 Å². The van der Waals surface area contributed by atoms with Crippen molar-refractivity contribution in [2.45, 2.75) is 24.9 Å². The molecule has 0 saturated carbocycles. The van der Waals surface area contributed by atoms with Crippen molar-refractivity contribution < 1.29 is 24.9 Å². The van der Waals surface area contributed by atoms with E-state index in [4.69, 9.17) is 26.8 Å². The largest absolute Gasteiger partial charge is 0.508 e. The Kier molecular flexibility index (Phi) is 10.0. The van der Waals surface area contributed by atoms with Gasteiger partial charge in [0.15, 0.2) is 0 Å². The van der Waals surface area contributed by atoms with E-state index in [1.165, 1.54) is 12.1 Å². The number of carbonyl (C=O) groups is 2. The Bertz CT molecular complexity index is 467. The highest BCUT2D eigenvalue weighted by Crippen LogP contribution is 2.10. The number of carboxylic acids is 2. The maximum Gasteiger partial charge on any atom is 0.320 e. The van der Waals surface area contributed by atoms with Gasteiger partial charge in [-0.25, -0.2) is 0 Å². The second-order valence-corrected chi connectivity index (χ2v) is 5.53. The molecule has 0 radical (unpaired) electrons. The summed E-state index contributed by atoms with van der Waals surface area (Å²) in [5, 5.41) is 25.8. The number of hydrogen-bond acceptors (Lipinski definition) is 6. The molecule has 1 rings (SSSR count). The first-order valence-corrected chi connectivity index (χ1v) is 7.91. The summed E-state index contributed by atoms with van der Waals surface area (Å²) in [6.07, 6.45) is 2.75. The maximum absolute atomic E-state index is 10.4. The number of carboxylic acid groups (broad SMARTS) is 2. The third-order valence-electron chi connectivity index (χ3n) is 2.66. The van der Waals surface area contributed by atoms with Crippen LogP contribution in [0.4, 0.5) is 0 Å². The number of aliphatic carboxylic acids is 2. The van der Waals surface area contributed by atoms with Gasteiger partial charge in [-0.3, -0.25) is 9.59 Å². The van der Waals surface area contributed by atoms with Crippen LogP contribution in [0.2, 0.25) is 0 Å². The van der Waals surface area contributed by atoms with Crippen molar-refractivity contribution in [3.05, 3.63) is 29.8 Å². The minimum atomic E-state index is -1.02. The molecule has 7 nitrogen and oxygen atoms in total. The summed E-state index contributed by atoms with van der Waals surface area (Å²) in [5.74, 6) is -0.960. The SMILES string of the molecule is CSCCC(N)C(=O)O.N[C@@H](Cc1ccc(O)cc1)C(=O)O. The van der Waals surface area contributed by atoms with Crippen LogP contribution in [-0.2, 0) is 16.0 Å². The Morgan fingerprint density at radius 2 is 1.59 bits per heavy atom. The number of aromatic hydroxyl groups is 1. The summed E-state index contributed by atoms with van der Waals surface area (Å²) in [5.41, 5.74) is 11.3. The van der Waals surface area contributed by atoms with E-state index in [-0.39, 0.29) is 12.2 Å².